The van der Waals surface area contributed by atoms with Crippen LogP contribution < -0.4 is 10.1 Å². The molecule has 5 heteroatoms. The van der Waals surface area contributed by atoms with Crippen LogP contribution in [0.4, 0.5) is 5.69 Å². The van der Waals surface area contributed by atoms with E-state index in [9.17, 15) is 10.1 Å². The minimum Gasteiger partial charge on any atom is -0.491 e. The summed E-state index contributed by atoms with van der Waals surface area (Å²) in [5.41, 5.74) is 4.89. The zero-order valence-electron chi connectivity index (χ0n) is 19.6. The molecule has 170 valence electrons. The highest BCUT2D eigenvalue weighted by molar-refractivity contribution is 6.10. The maximum Gasteiger partial charge on any atom is 0.266 e. The molecule has 1 N–H and O–H groups in total. The highest BCUT2D eigenvalue weighted by atomic mass is 16.5. The molecule has 1 heterocycles. The van der Waals surface area contributed by atoms with Crippen LogP contribution in [-0.2, 0) is 11.3 Å². The molecule has 4 aromatic rings. The van der Waals surface area contributed by atoms with E-state index in [1.807, 2.05) is 50.4 Å². The van der Waals surface area contributed by atoms with Crippen molar-refractivity contribution in [1.82, 2.24) is 4.57 Å². The van der Waals surface area contributed by atoms with Crippen LogP contribution in [0, 0.1) is 18.3 Å². The number of nitrogens with one attached hydrogen (secondary N) is 1. The van der Waals surface area contributed by atoms with Crippen molar-refractivity contribution < 1.29 is 9.53 Å². The van der Waals surface area contributed by atoms with Crippen molar-refractivity contribution in [2.45, 2.75) is 33.4 Å². The van der Waals surface area contributed by atoms with Gasteiger partial charge in [0.15, 0.2) is 0 Å². The van der Waals surface area contributed by atoms with Crippen molar-refractivity contribution in [1.29, 1.82) is 5.26 Å². The Kier molecular flexibility index (Phi) is 6.79. The maximum atomic E-state index is 12.9. The van der Waals surface area contributed by atoms with Gasteiger partial charge in [-0.2, -0.15) is 5.26 Å². The molecule has 4 rings (SSSR count). The fraction of sp³-hybridized carbons (Fsp3) is 0.172. The molecule has 0 bridgehead atoms. The lowest BCUT2D eigenvalue weighted by Crippen LogP contribution is -2.13. The van der Waals surface area contributed by atoms with Crippen LogP contribution in [0.1, 0.15) is 30.5 Å². The van der Waals surface area contributed by atoms with E-state index in [1.54, 1.807) is 18.2 Å². The largest absolute Gasteiger partial charge is 0.491 e. The van der Waals surface area contributed by atoms with Gasteiger partial charge < -0.3 is 14.6 Å². The first kappa shape index (κ1) is 22.9. The summed E-state index contributed by atoms with van der Waals surface area (Å²) in [5, 5.41) is 13.5. The van der Waals surface area contributed by atoms with Gasteiger partial charge in [-0.25, -0.2) is 0 Å². The normalized spacial score (nSPS) is 11.4. The Bertz CT molecular complexity index is 1410. The Morgan fingerprint density at radius 2 is 1.88 bits per heavy atom. The van der Waals surface area contributed by atoms with Crippen LogP contribution in [0.2, 0.25) is 0 Å². The van der Waals surface area contributed by atoms with Crippen LogP contribution in [-0.4, -0.2) is 16.6 Å². The van der Waals surface area contributed by atoms with Crippen LogP contribution in [0.15, 0.2) is 84.6 Å². The smallest absolute Gasteiger partial charge is 0.266 e. The van der Waals surface area contributed by atoms with Gasteiger partial charge in [0.25, 0.3) is 5.91 Å². The molecule has 0 spiro atoms. The number of hydrogen-bond donors (Lipinski definition) is 1. The second-order valence-electron chi connectivity index (χ2n) is 8.54. The highest BCUT2D eigenvalue weighted by Gasteiger charge is 2.13. The number of carbonyl (C=O) groups is 1. The highest BCUT2D eigenvalue weighted by Crippen LogP contribution is 2.25. The van der Waals surface area contributed by atoms with E-state index in [0.717, 1.165) is 16.5 Å². The van der Waals surface area contributed by atoms with Crippen LogP contribution in [0.3, 0.4) is 0 Å². The Morgan fingerprint density at radius 1 is 1.09 bits per heavy atom. The number of carbonyl (C=O) groups excluding carboxylic acids is 1. The third kappa shape index (κ3) is 5.36. The Hall–Kier alpha value is -4.30. The van der Waals surface area contributed by atoms with Gasteiger partial charge in [0, 0.05) is 41.0 Å². The van der Waals surface area contributed by atoms with E-state index in [-0.39, 0.29) is 11.7 Å². The monoisotopic (exact) mass is 449 g/mol. The first-order valence-corrected chi connectivity index (χ1v) is 11.3. The van der Waals surface area contributed by atoms with Crippen molar-refractivity contribution in [3.05, 3.63) is 101 Å². The molecule has 0 aliphatic rings. The van der Waals surface area contributed by atoms with Crippen molar-refractivity contribution in [3.63, 3.8) is 0 Å². The first-order valence-electron chi connectivity index (χ1n) is 11.3. The molecule has 1 amide bonds. The second-order valence-corrected chi connectivity index (χ2v) is 8.54. The van der Waals surface area contributed by atoms with E-state index in [2.05, 4.69) is 53.2 Å². The number of nitrogens with zero attached hydrogens (tertiary/aromatic N) is 2. The average molecular weight is 450 g/mol. The van der Waals surface area contributed by atoms with Gasteiger partial charge in [-0.05, 0) is 50.6 Å². The molecule has 0 fully saturated rings. The van der Waals surface area contributed by atoms with Gasteiger partial charge in [-0.3, -0.25) is 4.79 Å². The molecule has 0 atom stereocenters. The summed E-state index contributed by atoms with van der Waals surface area (Å²) in [6, 6.07) is 25.6. The predicted octanol–water partition coefficient (Wildman–Crippen LogP) is 6.33. The Morgan fingerprint density at radius 3 is 2.65 bits per heavy atom. The minimum absolute atomic E-state index is 0.0256. The molecule has 0 aliphatic heterocycles. The lowest BCUT2D eigenvalue weighted by atomic mass is 10.1. The summed E-state index contributed by atoms with van der Waals surface area (Å²) >= 11 is 0. The van der Waals surface area contributed by atoms with E-state index in [0.29, 0.717) is 18.0 Å². The summed E-state index contributed by atoms with van der Waals surface area (Å²) in [5.74, 6) is 0.203. The number of para-hydroxylation sites is 1. The molecular formula is C29H27N3O2. The third-order valence-corrected chi connectivity index (χ3v) is 5.38. The van der Waals surface area contributed by atoms with Gasteiger partial charge in [-0.15, -0.1) is 0 Å². The fourth-order valence-electron chi connectivity index (χ4n) is 3.95. The summed E-state index contributed by atoms with van der Waals surface area (Å²) in [7, 11) is 0. The van der Waals surface area contributed by atoms with Crippen LogP contribution in [0.25, 0.3) is 17.0 Å². The molecule has 0 aliphatic carbocycles. The molecule has 0 unspecified atom stereocenters. The number of aromatic nitrogens is 1. The number of nitriles is 1. The van der Waals surface area contributed by atoms with Crippen LogP contribution >= 0.6 is 0 Å². The zero-order valence-corrected chi connectivity index (χ0v) is 19.6. The summed E-state index contributed by atoms with van der Waals surface area (Å²) in [4.78, 5) is 12.9. The summed E-state index contributed by atoms with van der Waals surface area (Å²) < 4.78 is 7.84. The number of ether oxygens (including phenoxy) is 1. The van der Waals surface area contributed by atoms with Gasteiger partial charge in [0.05, 0.1) is 6.10 Å². The average Bonchev–Trinajstić information content (AvgIpc) is 3.14. The van der Waals surface area contributed by atoms with Gasteiger partial charge in [-0.1, -0.05) is 54.1 Å². The van der Waals surface area contributed by atoms with Crippen molar-refractivity contribution >= 4 is 28.6 Å². The SMILES string of the molecule is Cc1cccc(Cn2cc(/C=C(/C#N)C(=O)Nc3cccc(OC(C)C)c3)c3ccccc32)c1. The lowest BCUT2D eigenvalue weighted by molar-refractivity contribution is -0.112. The quantitative estimate of drug-likeness (QED) is 0.265. The maximum absolute atomic E-state index is 12.9. The number of aryl methyl sites for hydroxylation is 1. The van der Waals surface area contributed by atoms with E-state index in [1.165, 1.54) is 11.1 Å². The van der Waals surface area contributed by atoms with Gasteiger partial charge >= 0.3 is 0 Å². The summed E-state index contributed by atoms with van der Waals surface area (Å²) in [6.07, 6.45) is 3.67. The lowest BCUT2D eigenvalue weighted by Gasteiger charge is -2.11. The van der Waals surface area contributed by atoms with Crippen molar-refractivity contribution in [2.75, 3.05) is 5.32 Å². The summed E-state index contributed by atoms with van der Waals surface area (Å²) in [6.45, 7) is 6.66. The number of hydrogen-bond acceptors (Lipinski definition) is 3. The molecule has 1 aromatic heterocycles. The molecule has 0 saturated heterocycles. The van der Waals surface area contributed by atoms with Gasteiger partial charge in [0.1, 0.15) is 17.4 Å². The standard InChI is InChI=1S/C29H27N3O2/c1-20(2)34-26-11-7-10-25(16-26)31-29(33)23(17-30)15-24-19-32(28-13-5-4-12-27(24)28)18-22-9-6-8-21(3)14-22/h4-16,19-20H,18H2,1-3H3,(H,31,33)/b23-15-. The first-order chi connectivity index (χ1) is 16.4. The van der Waals surface area contributed by atoms with E-state index >= 15 is 0 Å². The molecule has 34 heavy (non-hydrogen) atoms. The number of amides is 1. The van der Waals surface area contributed by atoms with Gasteiger partial charge in [0.2, 0.25) is 0 Å². The third-order valence-electron chi connectivity index (χ3n) is 5.38. The van der Waals surface area contributed by atoms with Crippen molar-refractivity contribution in [2.24, 2.45) is 0 Å². The molecule has 0 saturated carbocycles. The number of benzene rings is 3. The fourth-order valence-corrected chi connectivity index (χ4v) is 3.95. The molecule has 0 radical (unpaired) electrons. The van der Waals surface area contributed by atoms with Crippen LogP contribution in [0.5, 0.6) is 5.75 Å². The minimum atomic E-state index is -0.459. The Labute approximate surface area is 199 Å². The second kappa shape index (κ2) is 10.1. The zero-order chi connectivity index (χ0) is 24.1. The molecule has 3 aromatic carbocycles. The Balaban J connectivity index is 1.63. The molecular weight excluding hydrogens is 422 g/mol. The number of rotatable bonds is 7. The van der Waals surface area contributed by atoms with Crippen molar-refractivity contribution in [3.8, 4) is 11.8 Å². The number of anilines is 1. The topological polar surface area (TPSA) is 67.0 Å². The number of fused-ring (bicyclic) bond motifs is 1. The molecule has 5 nitrogen and oxygen atoms in total. The van der Waals surface area contributed by atoms with E-state index < -0.39 is 5.91 Å². The predicted molar refractivity (Wildman–Crippen MR) is 137 cm³/mol. The van der Waals surface area contributed by atoms with E-state index in [4.69, 9.17) is 4.74 Å².